The molecule has 7 nitrogen and oxygen atoms in total. The van der Waals surface area contributed by atoms with E-state index < -0.39 is 24.0 Å². The predicted molar refractivity (Wildman–Crippen MR) is 104 cm³/mol. The van der Waals surface area contributed by atoms with Gasteiger partial charge in [0.25, 0.3) is 11.8 Å². The number of hydrogen-bond donors (Lipinski definition) is 5. The summed E-state index contributed by atoms with van der Waals surface area (Å²) in [4.78, 5) is 23.7. The van der Waals surface area contributed by atoms with Crippen molar-refractivity contribution in [3.05, 3.63) is 65.2 Å². The number of hydroxylamine groups is 1. The van der Waals surface area contributed by atoms with Gasteiger partial charge >= 0.3 is 0 Å². The molecule has 2 atom stereocenters. The van der Waals surface area contributed by atoms with E-state index in [9.17, 15) is 14.7 Å². The normalized spacial score (nSPS) is 11.7. The molecule has 0 heterocycles. The molecule has 0 radical (unpaired) electrons. The topological polar surface area (TPSA) is 125 Å². The Morgan fingerprint density at radius 3 is 2.29 bits per heavy atom. The van der Waals surface area contributed by atoms with Gasteiger partial charge in [0, 0.05) is 22.4 Å². The van der Waals surface area contributed by atoms with Crippen molar-refractivity contribution in [1.29, 1.82) is 0 Å². The van der Waals surface area contributed by atoms with Crippen molar-refractivity contribution >= 4 is 17.5 Å². The molecule has 0 aromatic heterocycles. The van der Waals surface area contributed by atoms with Gasteiger partial charge < -0.3 is 16.2 Å². The summed E-state index contributed by atoms with van der Waals surface area (Å²) in [6.45, 7) is 1.32. The molecule has 0 spiro atoms. The zero-order chi connectivity index (χ0) is 20.5. The molecule has 0 unspecified atom stereocenters. The van der Waals surface area contributed by atoms with Gasteiger partial charge in [-0.25, -0.2) is 5.48 Å². The maximum absolute atomic E-state index is 12.2. The third-order valence-corrected chi connectivity index (χ3v) is 3.74. The Labute approximate surface area is 162 Å². The monoisotopic (exact) mass is 377 g/mol. The maximum atomic E-state index is 12.2. The van der Waals surface area contributed by atoms with Crippen molar-refractivity contribution < 1.29 is 19.9 Å². The van der Waals surface area contributed by atoms with E-state index in [1.54, 1.807) is 24.3 Å². The number of rotatable bonds is 4. The van der Waals surface area contributed by atoms with Gasteiger partial charge in [-0.1, -0.05) is 24.0 Å². The summed E-state index contributed by atoms with van der Waals surface area (Å²) in [7, 11) is 0. The molecule has 0 aliphatic carbocycles. The van der Waals surface area contributed by atoms with Crippen molar-refractivity contribution in [2.24, 2.45) is 0 Å². The molecule has 142 valence electrons. The maximum Gasteiger partial charge on any atom is 0.268 e. The van der Waals surface area contributed by atoms with Crippen LogP contribution in [0.2, 0.25) is 0 Å². The fourth-order valence-corrected chi connectivity index (χ4v) is 2.22. The highest BCUT2D eigenvalue weighted by Crippen LogP contribution is 2.08. The van der Waals surface area contributed by atoms with Crippen LogP contribution in [-0.2, 0) is 4.79 Å². The lowest BCUT2D eigenvalue weighted by Crippen LogP contribution is -2.51. The van der Waals surface area contributed by atoms with Gasteiger partial charge in [0.15, 0.2) is 0 Å². The molecule has 2 rings (SSSR count). The number of nitrogens with two attached hydrogens (primary N) is 1. The van der Waals surface area contributed by atoms with Crippen LogP contribution >= 0.6 is 0 Å². The van der Waals surface area contributed by atoms with Crippen LogP contribution in [0.5, 0.6) is 0 Å². The molecule has 0 saturated heterocycles. The lowest BCUT2D eigenvalue weighted by molar-refractivity contribution is -0.133. The number of hydrogen-bond acceptors (Lipinski definition) is 5. The molecular formula is C21H19N3O4. The van der Waals surface area contributed by atoms with Crippen molar-refractivity contribution in [1.82, 2.24) is 10.8 Å². The quantitative estimate of drug-likeness (QED) is 0.232. The Kier molecular flexibility index (Phi) is 7.18. The Hall–Kier alpha value is -3.78. The minimum Gasteiger partial charge on any atom is -0.398 e. The van der Waals surface area contributed by atoms with E-state index in [0.29, 0.717) is 16.8 Å². The number of nitrogen functional groups attached to an aromatic ring is 1. The van der Waals surface area contributed by atoms with Gasteiger partial charge in [0.1, 0.15) is 6.04 Å². The van der Waals surface area contributed by atoms with Crippen molar-refractivity contribution in [3.63, 3.8) is 0 Å². The highest BCUT2D eigenvalue weighted by Gasteiger charge is 2.25. The van der Waals surface area contributed by atoms with E-state index in [4.69, 9.17) is 10.9 Å². The number of anilines is 1. The Morgan fingerprint density at radius 1 is 1.04 bits per heavy atom. The van der Waals surface area contributed by atoms with Crippen LogP contribution in [0, 0.1) is 23.7 Å². The molecule has 28 heavy (non-hydrogen) atoms. The van der Waals surface area contributed by atoms with E-state index in [0.717, 1.165) is 0 Å². The SMILES string of the molecule is C[C@@H](O)[C@H](NC(=O)c1ccc(C#CC#Cc2ccccc2N)cc1)C(=O)NO. The molecule has 0 saturated carbocycles. The van der Waals surface area contributed by atoms with Gasteiger partial charge in [-0.2, -0.15) is 0 Å². The van der Waals surface area contributed by atoms with Crippen LogP contribution < -0.4 is 16.5 Å². The number of aliphatic hydroxyl groups is 1. The first kappa shape index (κ1) is 20.5. The summed E-state index contributed by atoms with van der Waals surface area (Å²) >= 11 is 0. The first-order chi connectivity index (χ1) is 13.4. The second kappa shape index (κ2) is 9.79. The highest BCUT2D eigenvalue weighted by atomic mass is 16.5. The first-order valence-electron chi connectivity index (χ1n) is 8.32. The molecule has 0 aliphatic heterocycles. The zero-order valence-electron chi connectivity index (χ0n) is 15.1. The third-order valence-electron chi connectivity index (χ3n) is 3.74. The van der Waals surface area contributed by atoms with Crippen LogP contribution in [0.4, 0.5) is 5.69 Å². The Balaban J connectivity index is 2.05. The van der Waals surface area contributed by atoms with Gasteiger partial charge in [-0.05, 0) is 55.2 Å². The van der Waals surface area contributed by atoms with Crippen molar-refractivity contribution in [2.75, 3.05) is 5.73 Å². The van der Waals surface area contributed by atoms with Crippen molar-refractivity contribution in [3.8, 4) is 23.7 Å². The Bertz CT molecular complexity index is 976. The molecule has 2 aromatic carbocycles. The second-order valence-electron chi connectivity index (χ2n) is 5.83. The number of nitrogens with one attached hydrogen (secondary N) is 2. The molecule has 2 aromatic rings. The van der Waals surface area contributed by atoms with Crippen LogP contribution in [0.15, 0.2) is 48.5 Å². The predicted octanol–water partition coefficient (Wildman–Crippen LogP) is 0.657. The smallest absolute Gasteiger partial charge is 0.268 e. The molecular weight excluding hydrogens is 358 g/mol. The summed E-state index contributed by atoms with van der Waals surface area (Å²) in [5, 5.41) is 20.6. The largest absolute Gasteiger partial charge is 0.398 e. The fraction of sp³-hybridized carbons (Fsp3) is 0.143. The van der Waals surface area contributed by atoms with Crippen LogP contribution in [0.3, 0.4) is 0 Å². The third kappa shape index (κ3) is 5.61. The number of carbonyl (C=O) groups excluding carboxylic acids is 2. The fourth-order valence-electron chi connectivity index (χ4n) is 2.22. The average molecular weight is 377 g/mol. The molecule has 7 heteroatoms. The van der Waals surface area contributed by atoms with Crippen LogP contribution in [0.25, 0.3) is 0 Å². The number of benzene rings is 2. The van der Waals surface area contributed by atoms with Gasteiger partial charge in [0.05, 0.1) is 6.10 Å². The highest BCUT2D eigenvalue weighted by molar-refractivity contribution is 5.97. The lowest BCUT2D eigenvalue weighted by atomic mass is 10.1. The molecule has 6 N–H and O–H groups in total. The molecule has 0 fully saturated rings. The standard InChI is InChI=1S/C21H19N3O4/c1-14(25)19(21(27)24-28)23-20(26)17-12-10-15(11-13-17)6-2-3-7-16-8-4-5-9-18(16)22/h4-5,8-14,19,25,28H,22H2,1H3,(H,23,26)(H,24,27)/t14-,19+/m1/s1. The van der Waals surface area contributed by atoms with Gasteiger partial charge in [0.2, 0.25) is 0 Å². The minimum absolute atomic E-state index is 0.269. The van der Waals surface area contributed by atoms with E-state index in [-0.39, 0.29) is 5.56 Å². The number of para-hydroxylation sites is 1. The van der Waals surface area contributed by atoms with E-state index >= 15 is 0 Å². The number of carbonyl (C=O) groups is 2. The second-order valence-corrected chi connectivity index (χ2v) is 5.83. The van der Waals surface area contributed by atoms with Crippen LogP contribution in [0.1, 0.15) is 28.4 Å². The molecule has 0 bridgehead atoms. The number of amides is 2. The molecule has 0 aliphatic rings. The average Bonchev–Trinajstić information content (AvgIpc) is 2.70. The summed E-state index contributed by atoms with van der Waals surface area (Å²) in [6, 6.07) is 12.2. The minimum atomic E-state index is -1.28. The van der Waals surface area contributed by atoms with Gasteiger partial charge in [-0.3, -0.25) is 14.8 Å². The van der Waals surface area contributed by atoms with Gasteiger partial charge in [-0.15, -0.1) is 0 Å². The number of aliphatic hydroxyl groups excluding tert-OH is 1. The molecule has 2 amide bonds. The summed E-state index contributed by atoms with van der Waals surface area (Å²) in [5.41, 5.74) is 9.39. The summed E-state index contributed by atoms with van der Waals surface area (Å²) in [5.74, 6) is 9.67. The lowest BCUT2D eigenvalue weighted by Gasteiger charge is -2.19. The Morgan fingerprint density at radius 2 is 1.68 bits per heavy atom. The summed E-state index contributed by atoms with van der Waals surface area (Å²) in [6.07, 6.45) is -1.18. The van der Waals surface area contributed by atoms with Crippen molar-refractivity contribution in [2.45, 2.75) is 19.1 Å². The van der Waals surface area contributed by atoms with E-state index in [1.807, 2.05) is 12.1 Å². The zero-order valence-corrected chi connectivity index (χ0v) is 15.1. The van der Waals surface area contributed by atoms with Crippen LogP contribution in [-0.4, -0.2) is 34.3 Å². The van der Waals surface area contributed by atoms with E-state index in [2.05, 4.69) is 29.0 Å². The van der Waals surface area contributed by atoms with E-state index in [1.165, 1.54) is 24.5 Å². The first-order valence-corrected chi connectivity index (χ1v) is 8.32. The summed E-state index contributed by atoms with van der Waals surface area (Å²) < 4.78 is 0.